The molecule has 64 valence electrons. The molecule has 0 aromatic carbocycles. The zero-order chi connectivity index (χ0) is 8.43. The van der Waals surface area contributed by atoms with Crippen molar-refractivity contribution in [1.82, 2.24) is 4.90 Å². The summed E-state index contributed by atoms with van der Waals surface area (Å²) in [4.78, 5) is 13.3. The monoisotopic (exact) mass is 267 g/mol. The smallest absolute Gasteiger partial charge is 0.223 e. The normalized spacial score (nSPS) is 26.4. The predicted molar refractivity (Wildman–Crippen MR) is 53.9 cm³/mol. The average Bonchev–Trinajstić information content (AvgIpc) is 1.85. The Hall–Kier alpha value is 0.200. The molecule has 0 radical (unpaired) electrons. The molecule has 0 aromatic heterocycles. The van der Waals surface area contributed by atoms with E-state index < -0.39 is 0 Å². The Kier molecular flexibility index (Phi) is 3.16. The van der Waals surface area contributed by atoms with Gasteiger partial charge in [0.05, 0.1) is 0 Å². The van der Waals surface area contributed by atoms with Crippen molar-refractivity contribution in [3.63, 3.8) is 0 Å². The zero-order valence-corrected chi connectivity index (χ0v) is 9.17. The summed E-state index contributed by atoms with van der Waals surface area (Å²) in [5, 5.41) is 0. The predicted octanol–water partition coefficient (Wildman–Crippen LogP) is 1.82. The number of carbonyl (C=O) groups excluding carboxylic acids is 1. The van der Waals surface area contributed by atoms with Gasteiger partial charge in [0.25, 0.3) is 0 Å². The summed E-state index contributed by atoms with van der Waals surface area (Å²) >= 11 is 2.36. The van der Waals surface area contributed by atoms with Gasteiger partial charge in [0.2, 0.25) is 5.91 Å². The summed E-state index contributed by atoms with van der Waals surface area (Å²) in [5.41, 5.74) is 0. The molecule has 11 heavy (non-hydrogen) atoms. The molecule has 1 saturated heterocycles. The van der Waals surface area contributed by atoms with Crippen LogP contribution in [-0.2, 0) is 4.79 Å². The highest BCUT2D eigenvalue weighted by Crippen LogP contribution is 2.20. The second kappa shape index (κ2) is 3.74. The van der Waals surface area contributed by atoms with E-state index >= 15 is 0 Å². The number of hydrogen-bond acceptors (Lipinski definition) is 1. The Morgan fingerprint density at radius 1 is 1.64 bits per heavy atom. The highest BCUT2D eigenvalue weighted by Gasteiger charge is 2.25. The van der Waals surface area contributed by atoms with E-state index in [-0.39, 0.29) is 0 Å². The Morgan fingerprint density at radius 2 is 2.27 bits per heavy atom. The minimum absolute atomic E-state index is 0.325. The molecule has 0 saturated carbocycles. The van der Waals surface area contributed by atoms with Crippen molar-refractivity contribution in [3.8, 4) is 0 Å². The summed E-state index contributed by atoms with van der Waals surface area (Å²) in [6, 6.07) is 0.381. The van der Waals surface area contributed by atoms with Crippen LogP contribution in [0.4, 0.5) is 0 Å². The largest absolute Gasteiger partial charge is 0.340 e. The minimum atomic E-state index is 0.325. The van der Waals surface area contributed by atoms with Crippen LogP contribution in [0.15, 0.2) is 0 Å². The summed E-state index contributed by atoms with van der Waals surface area (Å²) in [6.07, 6.45) is 1.89. The van der Waals surface area contributed by atoms with Crippen molar-refractivity contribution in [2.45, 2.75) is 36.7 Å². The molecule has 0 spiro atoms. The van der Waals surface area contributed by atoms with Gasteiger partial charge in [-0.3, -0.25) is 4.79 Å². The Balaban J connectivity index is 2.51. The Labute approximate surface area is 81.5 Å². The number of piperidine rings is 1. The first-order valence-corrected chi connectivity index (χ1v) is 5.29. The highest BCUT2D eigenvalue weighted by atomic mass is 127. The lowest BCUT2D eigenvalue weighted by Crippen LogP contribution is -2.43. The molecule has 0 N–H and O–H groups in total. The van der Waals surface area contributed by atoms with E-state index in [2.05, 4.69) is 36.4 Å². The molecule has 3 heteroatoms. The molecule has 0 aromatic rings. The quantitative estimate of drug-likeness (QED) is 0.524. The van der Waals surface area contributed by atoms with E-state index in [1.807, 2.05) is 4.90 Å². The van der Waals surface area contributed by atoms with Gasteiger partial charge in [0, 0.05) is 22.9 Å². The van der Waals surface area contributed by atoms with Crippen LogP contribution in [0.2, 0.25) is 0 Å². The number of carbonyl (C=O) groups is 1. The summed E-state index contributed by atoms with van der Waals surface area (Å²) in [7, 11) is 0. The van der Waals surface area contributed by atoms with Crippen molar-refractivity contribution < 1.29 is 4.79 Å². The summed E-state index contributed by atoms with van der Waals surface area (Å²) < 4.78 is 0.565. The van der Waals surface area contributed by atoms with Crippen molar-refractivity contribution in [1.29, 1.82) is 0 Å². The molecular weight excluding hydrogens is 253 g/mol. The van der Waals surface area contributed by atoms with Gasteiger partial charge in [-0.2, -0.15) is 0 Å². The fourth-order valence-corrected chi connectivity index (χ4v) is 2.01. The maximum absolute atomic E-state index is 11.4. The van der Waals surface area contributed by atoms with E-state index in [0.29, 0.717) is 15.9 Å². The van der Waals surface area contributed by atoms with E-state index in [9.17, 15) is 4.79 Å². The van der Waals surface area contributed by atoms with Gasteiger partial charge in [0.1, 0.15) is 0 Å². The molecule has 0 bridgehead atoms. The van der Waals surface area contributed by atoms with Crippen LogP contribution in [-0.4, -0.2) is 27.3 Å². The van der Waals surface area contributed by atoms with Crippen molar-refractivity contribution in [2.75, 3.05) is 6.54 Å². The number of hydrogen-bond donors (Lipinski definition) is 0. The zero-order valence-electron chi connectivity index (χ0n) is 7.01. The minimum Gasteiger partial charge on any atom is -0.340 e. The first-order valence-electron chi connectivity index (χ1n) is 4.05. The number of nitrogens with zero attached hydrogens (tertiary/aromatic N) is 1. The number of alkyl halides is 1. The van der Waals surface area contributed by atoms with Gasteiger partial charge in [-0.25, -0.2) is 0 Å². The Bertz CT molecular complexity index is 158. The van der Waals surface area contributed by atoms with Gasteiger partial charge >= 0.3 is 0 Å². The van der Waals surface area contributed by atoms with E-state index in [1.54, 1.807) is 0 Å². The van der Waals surface area contributed by atoms with Crippen LogP contribution in [0.3, 0.4) is 0 Å². The van der Waals surface area contributed by atoms with Crippen molar-refractivity contribution in [2.24, 2.45) is 0 Å². The molecule has 1 fully saturated rings. The molecule has 1 aliphatic heterocycles. The first kappa shape index (κ1) is 9.29. The first-order chi connectivity index (χ1) is 5.11. The molecule has 1 rings (SSSR count). The van der Waals surface area contributed by atoms with Crippen molar-refractivity contribution >= 4 is 28.5 Å². The Morgan fingerprint density at radius 3 is 2.73 bits per heavy atom. The fourth-order valence-electron chi connectivity index (χ4n) is 1.36. The van der Waals surface area contributed by atoms with Gasteiger partial charge in [0.15, 0.2) is 0 Å². The average molecular weight is 267 g/mol. The summed E-state index contributed by atoms with van der Waals surface area (Å²) in [5.74, 6) is 0.325. The lowest BCUT2D eigenvalue weighted by atomic mass is 10.1. The van der Waals surface area contributed by atoms with E-state index in [0.717, 1.165) is 19.4 Å². The SMILES string of the molecule is CC(C)N1CCC(I)CC1=O. The number of likely N-dealkylation sites (tertiary alicyclic amines) is 1. The third-order valence-corrected chi connectivity index (χ3v) is 3.09. The third kappa shape index (κ3) is 2.32. The lowest BCUT2D eigenvalue weighted by Gasteiger charge is -2.32. The van der Waals surface area contributed by atoms with Crippen LogP contribution >= 0.6 is 22.6 Å². The van der Waals surface area contributed by atoms with Gasteiger partial charge in [-0.1, -0.05) is 22.6 Å². The third-order valence-electron chi connectivity index (χ3n) is 2.02. The standard InChI is InChI=1S/C8H14INO/c1-6(2)10-4-3-7(9)5-8(10)11/h6-7H,3-5H2,1-2H3. The molecule has 1 amide bonds. The number of rotatable bonds is 1. The van der Waals surface area contributed by atoms with Gasteiger partial charge < -0.3 is 4.90 Å². The van der Waals surface area contributed by atoms with Gasteiger partial charge in [-0.05, 0) is 20.3 Å². The molecule has 0 aliphatic carbocycles. The second-order valence-corrected chi connectivity index (χ2v) is 5.03. The molecule has 1 atom stereocenters. The highest BCUT2D eigenvalue weighted by molar-refractivity contribution is 14.1. The molecule has 2 nitrogen and oxygen atoms in total. The van der Waals surface area contributed by atoms with Crippen LogP contribution < -0.4 is 0 Å². The van der Waals surface area contributed by atoms with Crippen LogP contribution in [0.1, 0.15) is 26.7 Å². The van der Waals surface area contributed by atoms with Crippen molar-refractivity contribution in [3.05, 3.63) is 0 Å². The van der Waals surface area contributed by atoms with Crippen LogP contribution in [0.5, 0.6) is 0 Å². The van der Waals surface area contributed by atoms with Crippen LogP contribution in [0.25, 0.3) is 0 Å². The molecule has 1 aliphatic rings. The molecule has 1 unspecified atom stereocenters. The maximum atomic E-state index is 11.4. The second-order valence-electron chi connectivity index (χ2n) is 3.27. The van der Waals surface area contributed by atoms with E-state index in [4.69, 9.17) is 0 Å². The number of amides is 1. The molecule has 1 heterocycles. The fraction of sp³-hybridized carbons (Fsp3) is 0.875. The van der Waals surface area contributed by atoms with Gasteiger partial charge in [-0.15, -0.1) is 0 Å². The maximum Gasteiger partial charge on any atom is 0.223 e. The van der Waals surface area contributed by atoms with E-state index in [1.165, 1.54) is 0 Å². The summed E-state index contributed by atoms with van der Waals surface area (Å²) in [6.45, 7) is 5.10. The lowest BCUT2D eigenvalue weighted by molar-refractivity contribution is -0.134. The number of halogens is 1. The molecular formula is C8H14INO. The van der Waals surface area contributed by atoms with Crippen LogP contribution in [0, 0.1) is 0 Å². The topological polar surface area (TPSA) is 20.3 Å².